The molecule has 1 radical (unpaired) electrons. The zero-order valence-corrected chi connectivity index (χ0v) is 19.0. The summed E-state index contributed by atoms with van der Waals surface area (Å²) in [5.74, 6) is 0. The van der Waals surface area contributed by atoms with E-state index in [0.717, 1.165) is 11.1 Å². The predicted octanol–water partition coefficient (Wildman–Crippen LogP) is 7.48. The minimum atomic E-state index is 0. The first-order chi connectivity index (χ1) is 12.6. The molecule has 0 fully saturated rings. The van der Waals surface area contributed by atoms with Crippen molar-refractivity contribution in [3.63, 3.8) is 0 Å². The summed E-state index contributed by atoms with van der Waals surface area (Å²) in [6, 6.07) is 26.2. The molecule has 0 heterocycles. The van der Waals surface area contributed by atoms with Crippen molar-refractivity contribution in [2.24, 2.45) is 0 Å². The van der Waals surface area contributed by atoms with Gasteiger partial charge in [0.05, 0.1) is 0 Å². The number of benzene rings is 3. The number of aryl methyl sites for hydroxylation is 1. The Labute approximate surface area is 190 Å². The molecule has 27 heavy (non-hydrogen) atoms. The van der Waals surface area contributed by atoms with Gasteiger partial charge in [-0.15, -0.1) is 12.1 Å². The second kappa shape index (κ2) is 15.0. The van der Waals surface area contributed by atoms with E-state index in [9.17, 15) is 0 Å². The fourth-order valence-corrected chi connectivity index (χ4v) is 1.95. The van der Waals surface area contributed by atoms with Gasteiger partial charge in [0, 0.05) is 32.7 Å². The van der Waals surface area contributed by atoms with E-state index in [2.05, 4.69) is 57.8 Å². The Morgan fingerprint density at radius 2 is 0.963 bits per heavy atom. The Kier molecular flexibility index (Phi) is 13.8. The molecule has 0 bridgehead atoms. The third-order valence-corrected chi connectivity index (χ3v) is 3.56. The van der Waals surface area contributed by atoms with E-state index in [1.54, 1.807) is 0 Å². The summed E-state index contributed by atoms with van der Waals surface area (Å²) in [4.78, 5) is 0. The molecule has 0 N–H and O–H groups in total. The van der Waals surface area contributed by atoms with Crippen LogP contribution in [0.3, 0.4) is 0 Å². The Bertz CT molecular complexity index is 732. The average molecular weight is 428 g/mol. The van der Waals surface area contributed by atoms with Crippen LogP contribution in [0.2, 0.25) is 0 Å². The molecule has 3 aromatic carbocycles. The van der Waals surface area contributed by atoms with E-state index in [1.807, 2.05) is 72.8 Å². The standard InChI is InChI=1S/C9H10.C9H9.C8H8.Y/c2*1-3-9-6-4-8(2)5-7-9;1-2-8-6-4-3-5-7-8;/h3-7H,1H2,2H3;3-7H,1-2H2;2-7H,1H2;/q;-1;;. The minimum absolute atomic E-state index is 0. The van der Waals surface area contributed by atoms with Crippen molar-refractivity contribution in [1.29, 1.82) is 0 Å². The Morgan fingerprint density at radius 3 is 1.33 bits per heavy atom. The third kappa shape index (κ3) is 11.2. The Hall–Kier alpha value is -2.15. The molecule has 0 amide bonds. The molecule has 0 spiro atoms. The van der Waals surface area contributed by atoms with Gasteiger partial charge < -0.3 is 0 Å². The molecule has 0 aliphatic heterocycles. The zero-order chi connectivity index (χ0) is 19.2. The van der Waals surface area contributed by atoms with Crippen molar-refractivity contribution < 1.29 is 32.7 Å². The first kappa shape index (κ1) is 24.9. The van der Waals surface area contributed by atoms with Gasteiger partial charge in [-0.2, -0.15) is 24.6 Å². The van der Waals surface area contributed by atoms with Crippen LogP contribution in [0, 0.1) is 13.8 Å². The Morgan fingerprint density at radius 1 is 0.593 bits per heavy atom. The summed E-state index contributed by atoms with van der Waals surface area (Å²) < 4.78 is 0. The van der Waals surface area contributed by atoms with Gasteiger partial charge in [0.15, 0.2) is 0 Å². The van der Waals surface area contributed by atoms with E-state index in [0.29, 0.717) is 0 Å². The van der Waals surface area contributed by atoms with E-state index >= 15 is 0 Å². The molecule has 0 atom stereocenters. The van der Waals surface area contributed by atoms with Crippen LogP contribution in [0.1, 0.15) is 27.8 Å². The van der Waals surface area contributed by atoms with E-state index in [4.69, 9.17) is 0 Å². The minimum Gasteiger partial charge on any atom is -0.199 e. The van der Waals surface area contributed by atoms with Crippen LogP contribution in [0.4, 0.5) is 0 Å². The zero-order valence-electron chi connectivity index (χ0n) is 16.1. The van der Waals surface area contributed by atoms with E-state index in [-0.39, 0.29) is 32.7 Å². The summed E-state index contributed by atoms with van der Waals surface area (Å²) in [5, 5.41) is 0. The van der Waals surface area contributed by atoms with Gasteiger partial charge in [0.25, 0.3) is 0 Å². The molecular formula is C26H27Y-. The first-order valence-electron chi connectivity index (χ1n) is 8.50. The summed E-state index contributed by atoms with van der Waals surface area (Å²) in [7, 11) is 0. The molecule has 3 aromatic rings. The normalized spacial score (nSPS) is 8.48. The van der Waals surface area contributed by atoms with Crippen molar-refractivity contribution in [1.82, 2.24) is 0 Å². The number of hydrogen-bond acceptors (Lipinski definition) is 0. The second-order valence-electron chi connectivity index (χ2n) is 5.68. The number of rotatable bonds is 3. The van der Waals surface area contributed by atoms with Crippen LogP contribution in [0.5, 0.6) is 0 Å². The van der Waals surface area contributed by atoms with E-state index < -0.39 is 0 Å². The van der Waals surface area contributed by atoms with Crippen molar-refractivity contribution in [3.05, 3.63) is 133 Å². The second-order valence-corrected chi connectivity index (χ2v) is 5.68. The van der Waals surface area contributed by atoms with Gasteiger partial charge in [-0.1, -0.05) is 104 Å². The molecule has 1 heteroatoms. The van der Waals surface area contributed by atoms with Crippen molar-refractivity contribution in [2.75, 3.05) is 0 Å². The van der Waals surface area contributed by atoms with Crippen LogP contribution in [0.25, 0.3) is 18.2 Å². The van der Waals surface area contributed by atoms with Gasteiger partial charge in [-0.3, -0.25) is 0 Å². The SMILES string of the molecule is C=Cc1ccc(C)cc1.C=Cc1ccc([CH2-])cc1.C=Cc1ccccc1.[Y]. The Balaban J connectivity index is 0.000000369. The van der Waals surface area contributed by atoms with Crippen molar-refractivity contribution in [2.45, 2.75) is 6.92 Å². The molecule has 135 valence electrons. The van der Waals surface area contributed by atoms with Crippen LogP contribution < -0.4 is 0 Å². The van der Waals surface area contributed by atoms with Crippen LogP contribution in [-0.2, 0) is 32.7 Å². The fourth-order valence-electron chi connectivity index (χ4n) is 1.95. The first-order valence-corrected chi connectivity index (χ1v) is 8.50. The van der Waals surface area contributed by atoms with Crippen molar-refractivity contribution in [3.8, 4) is 0 Å². The summed E-state index contributed by atoms with van der Waals surface area (Å²) in [5.41, 5.74) is 5.83. The maximum Gasteiger partial charge on any atom is 0 e. The van der Waals surface area contributed by atoms with Gasteiger partial charge in [-0.25, -0.2) is 0 Å². The van der Waals surface area contributed by atoms with Gasteiger partial charge >= 0.3 is 0 Å². The molecule has 0 aromatic heterocycles. The average Bonchev–Trinajstić information content (AvgIpc) is 2.71. The topological polar surface area (TPSA) is 0 Å². The number of hydrogen-bond donors (Lipinski definition) is 0. The summed E-state index contributed by atoms with van der Waals surface area (Å²) in [6.07, 6.45) is 5.50. The fraction of sp³-hybridized carbons (Fsp3) is 0.0385. The molecule has 0 saturated carbocycles. The van der Waals surface area contributed by atoms with Crippen LogP contribution in [0.15, 0.2) is 98.6 Å². The smallest absolute Gasteiger partial charge is 0 e. The quantitative estimate of drug-likeness (QED) is 0.380. The molecule has 0 aliphatic rings. The molecule has 0 aliphatic carbocycles. The maximum absolute atomic E-state index is 3.76. The van der Waals surface area contributed by atoms with Gasteiger partial charge in [0.2, 0.25) is 0 Å². The van der Waals surface area contributed by atoms with Gasteiger partial charge in [-0.05, 0) is 18.1 Å². The largest absolute Gasteiger partial charge is 0.199 e. The van der Waals surface area contributed by atoms with Crippen molar-refractivity contribution >= 4 is 18.2 Å². The molecule has 0 unspecified atom stereocenters. The van der Waals surface area contributed by atoms with Crippen LogP contribution in [-0.4, -0.2) is 0 Å². The summed E-state index contributed by atoms with van der Waals surface area (Å²) in [6.45, 7) is 16.8. The van der Waals surface area contributed by atoms with E-state index in [1.165, 1.54) is 16.7 Å². The molecule has 3 rings (SSSR count). The van der Waals surface area contributed by atoms with Crippen LogP contribution >= 0.6 is 0 Å². The van der Waals surface area contributed by atoms with Gasteiger partial charge in [0.1, 0.15) is 0 Å². The molecule has 0 nitrogen and oxygen atoms in total. The molecular weight excluding hydrogens is 401 g/mol. The predicted molar refractivity (Wildman–Crippen MR) is 119 cm³/mol. The third-order valence-electron chi connectivity index (χ3n) is 3.56. The summed E-state index contributed by atoms with van der Waals surface area (Å²) >= 11 is 0. The monoisotopic (exact) mass is 428 g/mol. The molecule has 0 saturated heterocycles. The maximum atomic E-state index is 3.76.